The van der Waals surface area contributed by atoms with Gasteiger partial charge in [0.15, 0.2) is 0 Å². The number of benzene rings is 2. The number of hydrogen-bond acceptors (Lipinski definition) is 4. The molecule has 0 saturated carbocycles. The Kier molecular flexibility index (Phi) is 6.37. The number of nitrogens with zero attached hydrogens (tertiary/aromatic N) is 1. The van der Waals surface area contributed by atoms with Crippen molar-refractivity contribution in [3.63, 3.8) is 0 Å². The lowest BCUT2D eigenvalue weighted by molar-refractivity contribution is 0.102. The fraction of sp³-hybridized carbons (Fsp3) is 0.273. The van der Waals surface area contributed by atoms with E-state index in [1.807, 2.05) is 42.5 Å². The van der Waals surface area contributed by atoms with Gasteiger partial charge in [0.1, 0.15) is 10.7 Å². The first-order valence-electron chi connectivity index (χ1n) is 9.23. The van der Waals surface area contributed by atoms with Crippen LogP contribution in [0.4, 0.5) is 5.69 Å². The predicted molar refractivity (Wildman–Crippen MR) is 112 cm³/mol. The van der Waals surface area contributed by atoms with Crippen molar-refractivity contribution in [1.82, 2.24) is 4.98 Å². The summed E-state index contributed by atoms with van der Waals surface area (Å²) in [5.74, 6) is 0.308. The summed E-state index contributed by atoms with van der Waals surface area (Å²) in [7, 11) is 0. The largest absolute Gasteiger partial charge is 0.322 e. The molecule has 140 valence electrons. The molecule has 1 aromatic heterocycles. The molecule has 0 fully saturated rings. The number of carbonyl (C=O) groups is 1. The Hall–Kier alpha value is -2.50. The average Bonchev–Trinajstić information content (AvgIpc) is 3.19. The van der Waals surface area contributed by atoms with Crippen LogP contribution in [0.5, 0.6) is 0 Å². The van der Waals surface area contributed by atoms with E-state index in [9.17, 15) is 4.79 Å². The Labute approximate surface area is 164 Å². The summed E-state index contributed by atoms with van der Waals surface area (Å²) in [6.45, 7) is 4.37. The molecule has 0 saturated heterocycles. The van der Waals surface area contributed by atoms with E-state index in [0.29, 0.717) is 18.0 Å². The van der Waals surface area contributed by atoms with Gasteiger partial charge in [0.2, 0.25) is 0 Å². The molecule has 1 heterocycles. The van der Waals surface area contributed by atoms with Crippen LogP contribution in [0.1, 0.15) is 58.9 Å². The molecule has 2 aromatic carbocycles. The molecule has 0 spiro atoms. The van der Waals surface area contributed by atoms with E-state index >= 15 is 0 Å². The highest BCUT2D eigenvalue weighted by molar-refractivity contribution is 7.09. The van der Waals surface area contributed by atoms with E-state index in [0.717, 1.165) is 22.7 Å². The fourth-order valence-corrected chi connectivity index (χ4v) is 3.64. The molecule has 0 radical (unpaired) electrons. The first-order valence-corrected chi connectivity index (χ1v) is 10.1. The van der Waals surface area contributed by atoms with Crippen molar-refractivity contribution in [2.75, 3.05) is 5.32 Å². The Balaban J connectivity index is 1.62. The van der Waals surface area contributed by atoms with Gasteiger partial charge >= 0.3 is 0 Å². The molecular formula is C22H25N3OS. The molecule has 3 rings (SSSR count). The van der Waals surface area contributed by atoms with Crippen molar-refractivity contribution >= 4 is 22.9 Å². The van der Waals surface area contributed by atoms with Gasteiger partial charge in [0.05, 0.1) is 6.04 Å². The van der Waals surface area contributed by atoms with Gasteiger partial charge in [-0.2, -0.15) is 0 Å². The van der Waals surface area contributed by atoms with E-state index in [2.05, 4.69) is 36.3 Å². The third-order valence-electron chi connectivity index (χ3n) is 4.72. The fourth-order valence-electron chi connectivity index (χ4n) is 2.84. The van der Waals surface area contributed by atoms with Gasteiger partial charge in [-0.05, 0) is 42.0 Å². The van der Waals surface area contributed by atoms with Crippen molar-refractivity contribution in [2.45, 2.75) is 38.6 Å². The summed E-state index contributed by atoms with van der Waals surface area (Å²) >= 11 is 1.43. The van der Waals surface area contributed by atoms with Gasteiger partial charge in [-0.1, -0.05) is 56.3 Å². The average molecular weight is 380 g/mol. The minimum atomic E-state index is -0.214. The number of thiazole rings is 1. The molecule has 5 heteroatoms. The van der Waals surface area contributed by atoms with E-state index < -0.39 is 0 Å². The molecule has 1 amide bonds. The summed E-state index contributed by atoms with van der Waals surface area (Å²) in [4.78, 5) is 16.9. The van der Waals surface area contributed by atoms with Gasteiger partial charge in [-0.3, -0.25) is 4.79 Å². The van der Waals surface area contributed by atoms with Crippen LogP contribution in [0.2, 0.25) is 0 Å². The Morgan fingerprint density at radius 1 is 1.15 bits per heavy atom. The van der Waals surface area contributed by atoms with Crippen LogP contribution in [0.25, 0.3) is 0 Å². The summed E-state index contributed by atoms with van der Waals surface area (Å²) in [6.07, 6.45) is 1.79. The van der Waals surface area contributed by atoms with Gasteiger partial charge < -0.3 is 11.1 Å². The summed E-state index contributed by atoms with van der Waals surface area (Å²) in [5.41, 5.74) is 9.88. The van der Waals surface area contributed by atoms with Crippen molar-refractivity contribution in [3.8, 4) is 0 Å². The number of anilines is 1. The highest BCUT2D eigenvalue weighted by atomic mass is 32.1. The standard InChI is InChI=1S/C22H25N3OS/c1-3-15(2)17-9-11-18(12-10-17)24-21(26)20-14-27-22(25-20)19(23)13-16-7-5-4-6-8-16/h4-12,14-15,19H,3,13,23H2,1-2H3,(H,24,26). The number of aromatic nitrogens is 1. The van der Waals surface area contributed by atoms with Crippen LogP contribution in [-0.2, 0) is 6.42 Å². The smallest absolute Gasteiger partial charge is 0.275 e. The second-order valence-electron chi connectivity index (χ2n) is 6.75. The molecule has 27 heavy (non-hydrogen) atoms. The van der Waals surface area contributed by atoms with Gasteiger partial charge in [0.25, 0.3) is 5.91 Å². The number of nitrogens with one attached hydrogen (secondary N) is 1. The number of nitrogens with two attached hydrogens (primary N) is 1. The minimum absolute atomic E-state index is 0.208. The highest BCUT2D eigenvalue weighted by Gasteiger charge is 2.16. The maximum absolute atomic E-state index is 12.5. The number of amides is 1. The number of hydrogen-bond donors (Lipinski definition) is 2. The van der Waals surface area contributed by atoms with Gasteiger partial charge in [-0.25, -0.2) is 4.98 Å². The van der Waals surface area contributed by atoms with Crippen molar-refractivity contribution in [2.24, 2.45) is 5.73 Å². The molecule has 4 nitrogen and oxygen atoms in total. The van der Waals surface area contributed by atoms with Gasteiger partial charge in [0, 0.05) is 11.1 Å². The van der Waals surface area contributed by atoms with Crippen LogP contribution in [0, 0.1) is 0 Å². The molecule has 0 aliphatic carbocycles. The lowest BCUT2D eigenvalue weighted by Crippen LogP contribution is -2.15. The Morgan fingerprint density at radius 2 is 1.85 bits per heavy atom. The van der Waals surface area contributed by atoms with Crippen molar-refractivity contribution in [3.05, 3.63) is 81.8 Å². The van der Waals surface area contributed by atoms with Crippen molar-refractivity contribution in [1.29, 1.82) is 0 Å². The minimum Gasteiger partial charge on any atom is -0.322 e. The van der Waals surface area contributed by atoms with Crippen LogP contribution in [-0.4, -0.2) is 10.9 Å². The molecule has 0 aliphatic rings. The summed E-state index contributed by atoms with van der Waals surface area (Å²) < 4.78 is 0. The van der Waals surface area contributed by atoms with E-state index in [1.54, 1.807) is 5.38 Å². The van der Waals surface area contributed by atoms with Gasteiger partial charge in [-0.15, -0.1) is 11.3 Å². The topological polar surface area (TPSA) is 68.0 Å². The Bertz CT molecular complexity index is 874. The molecule has 2 atom stereocenters. The molecule has 2 unspecified atom stereocenters. The lowest BCUT2D eigenvalue weighted by atomic mass is 9.99. The predicted octanol–water partition coefficient (Wildman–Crippen LogP) is 5.15. The zero-order chi connectivity index (χ0) is 19.2. The monoisotopic (exact) mass is 379 g/mol. The first-order chi connectivity index (χ1) is 13.1. The molecule has 0 bridgehead atoms. The first kappa shape index (κ1) is 19.3. The lowest BCUT2D eigenvalue weighted by Gasteiger charge is -2.10. The van der Waals surface area contributed by atoms with Crippen LogP contribution >= 0.6 is 11.3 Å². The highest BCUT2D eigenvalue weighted by Crippen LogP contribution is 2.23. The number of carbonyl (C=O) groups excluding carboxylic acids is 1. The maximum Gasteiger partial charge on any atom is 0.275 e. The van der Waals surface area contributed by atoms with E-state index in [-0.39, 0.29) is 11.9 Å². The third kappa shape index (κ3) is 5.02. The summed E-state index contributed by atoms with van der Waals surface area (Å²) in [6, 6.07) is 17.9. The molecule has 0 aliphatic heterocycles. The number of rotatable bonds is 7. The van der Waals surface area contributed by atoms with Crippen LogP contribution in [0.3, 0.4) is 0 Å². The van der Waals surface area contributed by atoms with E-state index in [1.165, 1.54) is 16.9 Å². The second-order valence-corrected chi connectivity index (χ2v) is 7.64. The third-order valence-corrected chi connectivity index (χ3v) is 5.70. The Morgan fingerprint density at radius 3 is 2.52 bits per heavy atom. The SMILES string of the molecule is CCC(C)c1ccc(NC(=O)c2csc(C(N)Cc3ccccc3)n2)cc1. The molecular weight excluding hydrogens is 354 g/mol. The quantitative estimate of drug-likeness (QED) is 0.596. The zero-order valence-corrected chi connectivity index (χ0v) is 16.5. The van der Waals surface area contributed by atoms with Crippen molar-refractivity contribution < 1.29 is 4.79 Å². The maximum atomic E-state index is 12.5. The van der Waals surface area contributed by atoms with E-state index in [4.69, 9.17) is 5.73 Å². The van der Waals surface area contributed by atoms with Crippen LogP contribution in [0.15, 0.2) is 60.0 Å². The molecule has 3 aromatic rings. The second kappa shape index (κ2) is 8.93. The normalized spacial score (nSPS) is 13.1. The van der Waals surface area contributed by atoms with Crippen LogP contribution < -0.4 is 11.1 Å². The molecule has 3 N–H and O–H groups in total. The zero-order valence-electron chi connectivity index (χ0n) is 15.7. The summed E-state index contributed by atoms with van der Waals surface area (Å²) in [5, 5.41) is 5.45.